The van der Waals surface area contributed by atoms with Gasteiger partial charge in [-0.2, -0.15) is 0 Å². The molecule has 0 aliphatic carbocycles. The van der Waals surface area contributed by atoms with E-state index >= 15 is 0 Å². The number of carbonyl (C=O) groups is 1. The fraction of sp³-hybridized carbons (Fsp3) is 0.400. The number of amides is 2. The number of carbonyl (C=O) groups excluding carboxylic acids is 1. The van der Waals surface area contributed by atoms with Crippen LogP contribution in [-0.4, -0.2) is 54.5 Å². The zero-order valence-electron chi connectivity index (χ0n) is 19.7. The van der Waals surface area contributed by atoms with Gasteiger partial charge in [0.2, 0.25) is 0 Å². The van der Waals surface area contributed by atoms with Crippen LogP contribution in [0.15, 0.2) is 53.3 Å². The molecule has 176 valence electrons. The molecule has 8 heteroatoms. The Hall–Kier alpha value is -3.23. The summed E-state index contributed by atoms with van der Waals surface area (Å²) < 4.78 is 12.1. The average Bonchev–Trinajstić information content (AvgIpc) is 2.84. The maximum atomic E-state index is 13.3. The number of ether oxygens (including phenoxy) is 2. The highest BCUT2D eigenvalue weighted by molar-refractivity contribution is 5.89. The van der Waals surface area contributed by atoms with Gasteiger partial charge in [-0.05, 0) is 43.2 Å². The second-order valence-corrected chi connectivity index (χ2v) is 7.78. The first-order valence-corrected chi connectivity index (χ1v) is 11.1. The molecule has 0 spiro atoms. The summed E-state index contributed by atoms with van der Waals surface area (Å²) in [6, 6.07) is 14.2. The summed E-state index contributed by atoms with van der Waals surface area (Å²) >= 11 is 0. The number of hydrogen-bond donors (Lipinski definition) is 1. The van der Waals surface area contributed by atoms with Crippen molar-refractivity contribution in [3.05, 3.63) is 70.3 Å². The maximum Gasteiger partial charge on any atom is 0.322 e. The molecule has 0 saturated heterocycles. The number of para-hydroxylation sites is 1. The number of nitrogens with zero attached hydrogens (tertiary/aromatic N) is 3. The Kier molecular flexibility index (Phi) is 8.57. The monoisotopic (exact) mass is 452 g/mol. The van der Waals surface area contributed by atoms with Gasteiger partial charge in [0.05, 0.1) is 36.7 Å². The number of aromatic nitrogens is 2. The number of rotatable bonds is 10. The lowest BCUT2D eigenvalue weighted by molar-refractivity contribution is 0.134. The topological polar surface area (TPSA) is 85.7 Å². The van der Waals surface area contributed by atoms with Crippen molar-refractivity contribution in [2.24, 2.45) is 0 Å². The van der Waals surface area contributed by atoms with Crippen LogP contribution in [0.4, 0.5) is 10.5 Å². The zero-order chi connectivity index (χ0) is 23.8. The lowest BCUT2D eigenvalue weighted by atomic mass is 10.1. The third-order valence-corrected chi connectivity index (χ3v) is 5.66. The van der Waals surface area contributed by atoms with E-state index < -0.39 is 6.04 Å². The van der Waals surface area contributed by atoms with Crippen LogP contribution in [0.1, 0.15) is 31.3 Å². The van der Waals surface area contributed by atoms with Crippen LogP contribution in [0.5, 0.6) is 0 Å². The van der Waals surface area contributed by atoms with Crippen molar-refractivity contribution in [3.63, 3.8) is 0 Å². The van der Waals surface area contributed by atoms with Crippen LogP contribution in [0, 0.1) is 0 Å². The smallest absolute Gasteiger partial charge is 0.322 e. The van der Waals surface area contributed by atoms with Gasteiger partial charge >= 0.3 is 6.03 Å². The van der Waals surface area contributed by atoms with E-state index in [4.69, 9.17) is 14.5 Å². The molecule has 0 radical (unpaired) electrons. The summed E-state index contributed by atoms with van der Waals surface area (Å²) in [4.78, 5) is 32.9. The Labute approximate surface area is 194 Å². The quantitative estimate of drug-likeness (QED) is 0.505. The second kappa shape index (κ2) is 11.6. The Balaban J connectivity index is 1.98. The van der Waals surface area contributed by atoms with Gasteiger partial charge in [-0.1, -0.05) is 31.2 Å². The first-order valence-electron chi connectivity index (χ1n) is 11.1. The number of methoxy groups -OCH3 is 2. The van der Waals surface area contributed by atoms with Gasteiger partial charge < -0.3 is 19.7 Å². The van der Waals surface area contributed by atoms with Gasteiger partial charge in [0.25, 0.3) is 5.56 Å². The van der Waals surface area contributed by atoms with E-state index in [1.165, 1.54) is 5.56 Å². The minimum absolute atomic E-state index is 0.151. The molecule has 8 nitrogen and oxygen atoms in total. The molecule has 2 aromatic carbocycles. The van der Waals surface area contributed by atoms with Crippen LogP contribution in [0.2, 0.25) is 0 Å². The summed E-state index contributed by atoms with van der Waals surface area (Å²) in [6.45, 7) is 5.33. The van der Waals surface area contributed by atoms with Gasteiger partial charge in [0, 0.05) is 26.5 Å². The molecule has 3 aromatic rings. The highest BCUT2D eigenvalue weighted by Crippen LogP contribution is 2.22. The van der Waals surface area contributed by atoms with E-state index in [-0.39, 0.29) is 11.6 Å². The molecule has 1 atom stereocenters. The van der Waals surface area contributed by atoms with Crippen molar-refractivity contribution < 1.29 is 14.3 Å². The summed E-state index contributed by atoms with van der Waals surface area (Å²) in [6.07, 6.45) is 0.928. The molecule has 0 fully saturated rings. The number of hydrogen-bond acceptors (Lipinski definition) is 5. The molecule has 1 N–H and O–H groups in total. The molecule has 3 rings (SSSR count). The van der Waals surface area contributed by atoms with Crippen molar-refractivity contribution in [2.75, 3.05) is 39.3 Å². The normalized spacial score (nSPS) is 12.0. The van der Waals surface area contributed by atoms with E-state index in [2.05, 4.69) is 12.2 Å². The van der Waals surface area contributed by atoms with Crippen molar-refractivity contribution in [3.8, 4) is 0 Å². The molecule has 0 saturated carbocycles. The number of aryl methyl sites for hydroxylation is 1. The lowest BCUT2D eigenvalue weighted by Gasteiger charge is -2.30. The molecule has 1 aromatic heterocycles. The standard InChI is InChI=1S/C25H32N4O4/c1-5-19-10-12-20(13-11-19)26-25(31)28(14-16-32-3)18(2)23-27-22-9-7-6-8-21(22)24(30)29(23)15-17-33-4/h6-13,18H,5,14-17H2,1-4H3,(H,26,31). The summed E-state index contributed by atoms with van der Waals surface area (Å²) in [5.74, 6) is 0.503. The summed E-state index contributed by atoms with van der Waals surface area (Å²) in [5, 5.41) is 3.49. The number of fused-ring (bicyclic) bond motifs is 1. The fourth-order valence-electron chi connectivity index (χ4n) is 3.72. The maximum absolute atomic E-state index is 13.3. The minimum atomic E-state index is -0.482. The van der Waals surface area contributed by atoms with Crippen molar-refractivity contribution in [1.29, 1.82) is 0 Å². The van der Waals surface area contributed by atoms with E-state index in [9.17, 15) is 9.59 Å². The molecule has 0 aliphatic rings. The first kappa shape index (κ1) is 24.4. The molecule has 1 heterocycles. The van der Waals surface area contributed by atoms with Gasteiger partial charge in [0.15, 0.2) is 0 Å². The fourth-order valence-corrected chi connectivity index (χ4v) is 3.72. The molecule has 33 heavy (non-hydrogen) atoms. The average molecular weight is 453 g/mol. The predicted octanol–water partition coefficient (Wildman–Crippen LogP) is 3.85. The zero-order valence-corrected chi connectivity index (χ0v) is 19.7. The van der Waals surface area contributed by atoms with Crippen molar-refractivity contribution >= 4 is 22.6 Å². The van der Waals surface area contributed by atoms with Gasteiger partial charge in [0.1, 0.15) is 5.82 Å². The highest BCUT2D eigenvalue weighted by atomic mass is 16.5. The molecular weight excluding hydrogens is 420 g/mol. The van der Waals surface area contributed by atoms with E-state index in [1.807, 2.05) is 49.4 Å². The summed E-state index contributed by atoms with van der Waals surface area (Å²) in [5.41, 5.74) is 2.34. The Bertz CT molecular complexity index is 1130. The van der Waals surface area contributed by atoms with Crippen LogP contribution in [0.3, 0.4) is 0 Å². The largest absolute Gasteiger partial charge is 0.383 e. The number of nitrogens with one attached hydrogen (secondary N) is 1. The Morgan fingerprint density at radius 1 is 1.09 bits per heavy atom. The van der Waals surface area contributed by atoms with Crippen molar-refractivity contribution in [2.45, 2.75) is 32.9 Å². The summed E-state index contributed by atoms with van der Waals surface area (Å²) in [7, 11) is 3.18. The van der Waals surface area contributed by atoms with E-state index in [0.717, 1.165) is 6.42 Å². The highest BCUT2D eigenvalue weighted by Gasteiger charge is 2.26. The molecule has 2 amide bonds. The number of urea groups is 1. The number of benzene rings is 2. The molecule has 1 unspecified atom stereocenters. The van der Waals surface area contributed by atoms with Gasteiger partial charge in [-0.3, -0.25) is 9.36 Å². The minimum Gasteiger partial charge on any atom is -0.383 e. The third kappa shape index (κ3) is 5.77. The van der Waals surface area contributed by atoms with Crippen molar-refractivity contribution in [1.82, 2.24) is 14.5 Å². The van der Waals surface area contributed by atoms with Gasteiger partial charge in [-0.15, -0.1) is 0 Å². The molecular formula is C25H32N4O4. The Morgan fingerprint density at radius 3 is 2.45 bits per heavy atom. The second-order valence-electron chi connectivity index (χ2n) is 7.78. The molecule has 0 bridgehead atoms. The first-order chi connectivity index (χ1) is 16.0. The molecule has 0 aliphatic heterocycles. The predicted molar refractivity (Wildman–Crippen MR) is 130 cm³/mol. The Morgan fingerprint density at radius 2 is 1.79 bits per heavy atom. The van der Waals surface area contributed by atoms with Crippen LogP contribution in [-0.2, 0) is 22.4 Å². The number of anilines is 1. The van der Waals surface area contributed by atoms with Crippen LogP contribution >= 0.6 is 0 Å². The lowest BCUT2D eigenvalue weighted by Crippen LogP contribution is -2.42. The van der Waals surface area contributed by atoms with Crippen LogP contribution in [0.25, 0.3) is 10.9 Å². The van der Waals surface area contributed by atoms with E-state index in [1.54, 1.807) is 29.8 Å². The SMILES string of the molecule is CCc1ccc(NC(=O)N(CCOC)C(C)c2nc3ccccc3c(=O)n2CCOC)cc1. The third-order valence-electron chi connectivity index (χ3n) is 5.66. The van der Waals surface area contributed by atoms with Crippen LogP contribution < -0.4 is 10.9 Å². The van der Waals surface area contributed by atoms with E-state index in [0.29, 0.717) is 48.7 Å². The van der Waals surface area contributed by atoms with Gasteiger partial charge in [-0.25, -0.2) is 9.78 Å².